The number of hydrogen-bond acceptors (Lipinski definition) is 4. The van der Waals surface area contributed by atoms with Gasteiger partial charge in [-0.2, -0.15) is 0 Å². The largest absolute Gasteiger partial charge is 0.365 e. The molecule has 3 aromatic rings. The first kappa shape index (κ1) is 16.3. The summed E-state index contributed by atoms with van der Waals surface area (Å²) in [5, 5.41) is 0. The highest BCUT2D eigenvalue weighted by Crippen LogP contribution is 2.33. The van der Waals surface area contributed by atoms with Crippen LogP contribution in [-0.4, -0.2) is 33.9 Å². The third-order valence-electron chi connectivity index (χ3n) is 5.81. The third kappa shape index (κ3) is 2.85. The topological polar surface area (TPSA) is 87.9 Å². The van der Waals surface area contributed by atoms with Crippen LogP contribution in [0.2, 0.25) is 0 Å². The Hall–Kier alpha value is -2.89. The van der Waals surface area contributed by atoms with Crippen molar-refractivity contribution >= 4 is 22.8 Å². The summed E-state index contributed by atoms with van der Waals surface area (Å²) in [5.74, 6) is 1.67. The van der Waals surface area contributed by atoms with E-state index in [1.165, 1.54) is 5.56 Å². The van der Waals surface area contributed by atoms with Crippen molar-refractivity contribution in [2.75, 3.05) is 18.0 Å². The minimum atomic E-state index is -0.391. The van der Waals surface area contributed by atoms with Crippen molar-refractivity contribution in [3.63, 3.8) is 0 Å². The minimum absolute atomic E-state index is 0.293. The summed E-state index contributed by atoms with van der Waals surface area (Å²) in [6.07, 6.45) is 5.20. The van der Waals surface area contributed by atoms with Crippen LogP contribution in [0.1, 0.15) is 52.6 Å². The number of piperidine rings is 1. The molecule has 1 fully saturated rings. The molecule has 6 nitrogen and oxygen atoms in total. The van der Waals surface area contributed by atoms with Crippen LogP contribution in [-0.2, 0) is 12.8 Å². The number of aromatic nitrogens is 3. The van der Waals surface area contributed by atoms with E-state index in [0.717, 1.165) is 73.6 Å². The first-order chi connectivity index (χ1) is 13.2. The van der Waals surface area contributed by atoms with Gasteiger partial charge >= 0.3 is 0 Å². The molecule has 1 aliphatic carbocycles. The Morgan fingerprint density at radius 3 is 2.93 bits per heavy atom. The average Bonchev–Trinajstić information content (AvgIpc) is 3.33. The molecule has 0 unspecified atom stereocenters. The molecule has 138 valence electrons. The van der Waals surface area contributed by atoms with Crippen molar-refractivity contribution in [2.24, 2.45) is 5.73 Å². The number of aromatic amines is 1. The number of anilines is 1. The van der Waals surface area contributed by atoms with Gasteiger partial charge in [0.15, 0.2) is 0 Å². The van der Waals surface area contributed by atoms with E-state index in [2.05, 4.69) is 16.0 Å². The van der Waals surface area contributed by atoms with E-state index < -0.39 is 5.91 Å². The Bertz CT molecular complexity index is 992. The molecule has 1 saturated heterocycles. The summed E-state index contributed by atoms with van der Waals surface area (Å²) < 4.78 is 0. The number of fused-ring (bicyclic) bond motifs is 2. The molecule has 1 aliphatic heterocycles. The van der Waals surface area contributed by atoms with Crippen LogP contribution in [0.5, 0.6) is 0 Å². The second-order valence-electron chi connectivity index (χ2n) is 7.61. The Labute approximate surface area is 157 Å². The van der Waals surface area contributed by atoms with Gasteiger partial charge in [-0.05, 0) is 55.9 Å². The molecular formula is C21H23N5O. The second kappa shape index (κ2) is 6.37. The zero-order chi connectivity index (χ0) is 18.4. The molecule has 2 aliphatic rings. The van der Waals surface area contributed by atoms with E-state index in [1.54, 1.807) is 0 Å². The molecule has 0 bridgehead atoms. The molecule has 27 heavy (non-hydrogen) atoms. The maximum Gasteiger partial charge on any atom is 0.252 e. The third-order valence-corrected chi connectivity index (χ3v) is 5.81. The molecule has 5 rings (SSSR count). The number of nitrogens with one attached hydrogen (secondary N) is 1. The molecule has 3 heterocycles. The van der Waals surface area contributed by atoms with E-state index >= 15 is 0 Å². The van der Waals surface area contributed by atoms with Crippen LogP contribution < -0.4 is 10.6 Å². The van der Waals surface area contributed by atoms with Crippen LogP contribution in [0.15, 0.2) is 30.3 Å². The molecule has 0 spiro atoms. The van der Waals surface area contributed by atoms with Crippen molar-refractivity contribution < 1.29 is 4.79 Å². The fourth-order valence-electron chi connectivity index (χ4n) is 4.44. The molecule has 1 atom stereocenters. The highest BCUT2D eigenvalue weighted by atomic mass is 16.1. The van der Waals surface area contributed by atoms with Crippen LogP contribution in [0.3, 0.4) is 0 Å². The Morgan fingerprint density at radius 1 is 1.19 bits per heavy atom. The summed E-state index contributed by atoms with van der Waals surface area (Å²) >= 11 is 0. The number of para-hydroxylation sites is 2. The van der Waals surface area contributed by atoms with Gasteiger partial charge < -0.3 is 15.6 Å². The molecule has 0 saturated carbocycles. The number of imidazole rings is 1. The summed E-state index contributed by atoms with van der Waals surface area (Å²) in [5.41, 5.74) is 10.6. The fraction of sp³-hybridized carbons (Fsp3) is 0.381. The number of hydrogen-bond donors (Lipinski definition) is 2. The molecule has 2 aromatic heterocycles. The number of rotatable bonds is 3. The maximum atomic E-state index is 12.1. The molecule has 3 N–H and O–H groups in total. The number of nitrogens with zero attached hydrogens (tertiary/aromatic N) is 3. The van der Waals surface area contributed by atoms with E-state index in [4.69, 9.17) is 15.7 Å². The minimum Gasteiger partial charge on any atom is -0.365 e. The van der Waals surface area contributed by atoms with E-state index in [1.807, 2.05) is 24.3 Å². The fourth-order valence-corrected chi connectivity index (χ4v) is 4.44. The number of pyridine rings is 1. The predicted octanol–water partition coefficient (Wildman–Crippen LogP) is 2.93. The number of primary amides is 1. The van der Waals surface area contributed by atoms with Crippen LogP contribution >= 0.6 is 0 Å². The average molecular weight is 361 g/mol. The quantitative estimate of drug-likeness (QED) is 0.751. The molecule has 0 radical (unpaired) electrons. The monoisotopic (exact) mass is 361 g/mol. The number of nitrogens with two attached hydrogens (primary N) is 1. The lowest BCUT2D eigenvalue weighted by Gasteiger charge is -2.33. The number of carbonyl (C=O) groups is 1. The Morgan fingerprint density at radius 2 is 2.07 bits per heavy atom. The predicted molar refractivity (Wildman–Crippen MR) is 105 cm³/mol. The van der Waals surface area contributed by atoms with Gasteiger partial charge in [0.1, 0.15) is 11.6 Å². The Balaban J connectivity index is 1.48. The standard InChI is InChI=1S/C21H23N5O/c22-19(27)15-11-13-5-3-9-16(13)25-21(15)26-10-4-6-14(12-26)20-23-17-7-1-2-8-18(17)24-20/h1-2,7-8,11,14H,3-6,9-10,12H2,(H2,22,27)(H,23,24)/t14-/m1/s1. The first-order valence-corrected chi connectivity index (χ1v) is 9.71. The van der Waals surface area contributed by atoms with Crippen molar-refractivity contribution in [1.29, 1.82) is 0 Å². The van der Waals surface area contributed by atoms with E-state index in [9.17, 15) is 4.79 Å². The second-order valence-corrected chi connectivity index (χ2v) is 7.61. The zero-order valence-corrected chi connectivity index (χ0v) is 15.2. The van der Waals surface area contributed by atoms with Gasteiger partial charge in [-0.3, -0.25) is 4.79 Å². The van der Waals surface area contributed by atoms with Crippen molar-refractivity contribution in [3.05, 3.63) is 53.0 Å². The lowest BCUT2D eigenvalue weighted by molar-refractivity contribution is 0.1000. The number of benzene rings is 1. The highest BCUT2D eigenvalue weighted by Gasteiger charge is 2.28. The van der Waals surface area contributed by atoms with E-state index in [-0.39, 0.29) is 0 Å². The van der Waals surface area contributed by atoms with Gasteiger partial charge in [0.05, 0.1) is 16.6 Å². The maximum absolute atomic E-state index is 12.1. The van der Waals surface area contributed by atoms with Crippen molar-refractivity contribution in [1.82, 2.24) is 15.0 Å². The summed E-state index contributed by atoms with van der Waals surface area (Å²) in [6.45, 7) is 1.69. The lowest BCUT2D eigenvalue weighted by Crippen LogP contribution is -2.37. The van der Waals surface area contributed by atoms with Gasteiger partial charge in [-0.15, -0.1) is 0 Å². The van der Waals surface area contributed by atoms with Crippen LogP contribution in [0.25, 0.3) is 11.0 Å². The zero-order valence-electron chi connectivity index (χ0n) is 15.2. The summed E-state index contributed by atoms with van der Waals surface area (Å²) in [4.78, 5) is 27.4. The van der Waals surface area contributed by atoms with Gasteiger partial charge in [-0.25, -0.2) is 9.97 Å². The SMILES string of the molecule is NC(=O)c1cc2c(nc1N1CCC[C@@H](c3nc4ccccc4[nH]3)C1)CCC2. The summed E-state index contributed by atoms with van der Waals surface area (Å²) in [7, 11) is 0. The van der Waals surface area contributed by atoms with Crippen LogP contribution in [0, 0.1) is 0 Å². The Kier molecular flexibility index (Phi) is 3.85. The smallest absolute Gasteiger partial charge is 0.252 e. The number of aryl methyl sites for hydroxylation is 2. The molecule has 1 aromatic carbocycles. The van der Waals surface area contributed by atoms with Crippen molar-refractivity contribution in [2.45, 2.75) is 38.0 Å². The summed E-state index contributed by atoms with van der Waals surface area (Å²) in [6, 6.07) is 10.1. The molecule has 6 heteroatoms. The highest BCUT2D eigenvalue weighted by molar-refractivity contribution is 5.98. The normalized spacial score (nSPS) is 19.4. The first-order valence-electron chi connectivity index (χ1n) is 9.71. The lowest BCUT2D eigenvalue weighted by atomic mass is 9.96. The number of H-pyrrole nitrogens is 1. The van der Waals surface area contributed by atoms with Gasteiger partial charge in [0.2, 0.25) is 0 Å². The van der Waals surface area contributed by atoms with Gasteiger partial charge in [0.25, 0.3) is 5.91 Å². The number of amides is 1. The molecular weight excluding hydrogens is 338 g/mol. The number of carbonyl (C=O) groups excluding carboxylic acids is 1. The van der Waals surface area contributed by atoms with Gasteiger partial charge in [-0.1, -0.05) is 12.1 Å². The van der Waals surface area contributed by atoms with Crippen LogP contribution in [0.4, 0.5) is 5.82 Å². The van der Waals surface area contributed by atoms with Gasteiger partial charge in [0, 0.05) is 24.7 Å². The van der Waals surface area contributed by atoms with E-state index in [0.29, 0.717) is 11.5 Å². The van der Waals surface area contributed by atoms with Crippen molar-refractivity contribution in [3.8, 4) is 0 Å². The molecule has 1 amide bonds.